The molecule has 0 aliphatic carbocycles. The minimum atomic E-state index is -0.387. The van der Waals surface area contributed by atoms with Crippen LogP contribution in [0.5, 0.6) is 5.75 Å². The van der Waals surface area contributed by atoms with E-state index < -0.39 is 0 Å². The van der Waals surface area contributed by atoms with Crippen molar-refractivity contribution in [3.63, 3.8) is 0 Å². The summed E-state index contributed by atoms with van der Waals surface area (Å²) in [7, 11) is 1.58. The molecule has 0 bridgehead atoms. The Labute approximate surface area is 146 Å². The van der Waals surface area contributed by atoms with Gasteiger partial charge in [0.25, 0.3) is 5.91 Å². The summed E-state index contributed by atoms with van der Waals surface area (Å²) in [4.78, 5) is 12.4. The zero-order valence-corrected chi connectivity index (χ0v) is 14.7. The molecular weight excluding hydrogens is 377 g/mol. The van der Waals surface area contributed by atoms with Crippen LogP contribution >= 0.6 is 15.9 Å². The number of hydrogen-bond acceptors (Lipinski definition) is 3. The first-order chi connectivity index (χ1) is 11.5. The minimum absolute atomic E-state index is 0.0733. The van der Waals surface area contributed by atoms with Crippen LogP contribution in [0.2, 0.25) is 0 Å². The fourth-order valence-corrected chi connectivity index (χ4v) is 2.89. The van der Waals surface area contributed by atoms with Gasteiger partial charge in [0.2, 0.25) is 0 Å². The van der Waals surface area contributed by atoms with Gasteiger partial charge in [0.15, 0.2) is 5.76 Å². The minimum Gasteiger partial charge on any atom is -0.497 e. The molecule has 1 N–H and O–H groups in total. The standard InChI is InChI=1S/C18H15BrFNO3/c1-10-14-8-13(23-2)4-6-16(14)24-17(10)18(22)21-9-11-7-12(19)3-5-15(11)20/h3-8H,9H2,1-2H3,(H,21,22). The lowest BCUT2D eigenvalue weighted by molar-refractivity contribution is 0.0924. The van der Waals surface area contributed by atoms with E-state index in [2.05, 4.69) is 21.2 Å². The van der Waals surface area contributed by atoms with Gasteiger partial charge in [0.05, 0.1) is 7.11 Å². The van der Waals surface area contributed by atoms with E-state index in [-0.39, 0.29) is 24.0 Å². The first-order valence-electron chi connectivity index (χ1n) is 7.29. The number of fused-ring (bicyclic) bond motifs is 1. The average molecular weight is 392 g/mol. The molecule has 0 unspecified atom stereocenters. The molecule has 0 atom stereocenters. The second-order valence-corrected chi connectivity index (χ2v) is 6.25. The molecule has 0 saturated carbocycles. The summed E-state index contributed by atoms with van der Waals surface area (Å²) in [5.41, 5.74) is 1.72. The second-order valence-electron chi connectivity index (χ2n) is 5.34. The SMILES string of the molecule is COc1ccc2oc(C(=O)NCc3cc(Br)ccc3F)c(C)c2c1. The van der Waals surface area contributed by atoms with E-state index in [0.717, 1.165) is 15.4 Å². The van der Waals surface area contributed by atoms with Gasteiger partial charge in [-0.3, -0.25) is 4.79 Å². The Morgan fingerprint density at radius 3 is 2.83 bits per heavy atom. The molecule has 0 saturated heterocycles. The third-order valence-electron chi connectivity index (χ3n) is 3.80. The summed E-state index contributed by atoms with van der Waals surface area (Å²) < 4.78 is 25.3. The molecule has 2 aromatic carbocycles. The molecule has 0 aliphatic rings. The summed E-state index contributed by atoms with van der Waals surface area (Å²) in [6, 6.07) is 9.93. The highest BCUT2D eigenvalue weighted by Crippen LogP contribution is 2.28. The lowest BCUT2D eigenvalue weighted by atomic mass is 10.1. The van der Waals surface area contributed by atoms with Crippen molar-refractivity contribution >= 4 is 32.8 Å². The van der Waals surface area contributed by atoms with Crippen molar-refractivity contribution in [2.45, 2.75) is 13.5 Å². The van der Waals surface area contributed by atoms with Crippen LogP contribution in [0.25, 0.3) is 11.0 Å². The predicted molar refractivity (Wildman–Crippen MR) is 92.8 cm³/mol. The van der Waals surface area contributed by atoms with Crippen LogP contribution in [0.4, 0.5) is 4.39 Å². The number of halogens is 2. The number of carbonyl (C=O) groups excluding carboxylic acids is 1. The smallest absolute Gasteiger partial charge is 0.287 e. The van der Waals surface area contributed by atoms with Crippen LogP contribution in [0.15, 0.2) is 45.3 Å². The van der Waals surface area contributed by atoms with Crippen molar-refractivity contribution in [1.82, 2.24) is 5.32 Å². The van der Waals surface area contributed by atoms with E-state index in [1.165, 1.54) is 6.07 Å². The molecule has 3 rings (SSSR count). The highest BCUT2D eigenvalue weighted by Gasteiger charge is 2.18. The molecule has 1 aromatic heterocycles. The van der Waals surface area contributed by atoms with Gasteiger partial charge in [0, 0.05) is 27.5 Å². The number of amides is 1. The number of rotatable bonds is 4. The summed E-state index contributed by atoms with van der Waals surface area (Å²) in [5.74, 6) is 0.148. The number of methoxy groups -OCH3 is 1. The van der Waals surface area contributed by atoms with Crippen LogP contribution in [-0.2, 0) is 6.54 Å². The van der Waals surface area contributed by atoms with E-state index in [1.807, 2.05) is 6.07 Å². The van der Waals surface area contributed by atoms with Gasteiger partial charge in [-0.25, -0.2) is 4.39 Å². The highest BCUT2D eigenvalue weighted by atomic mass is 79.9. The maximum absolute atomic E-state index is 13.7. The van der Waals surface area contributed by atoms with Gasteiger partial charge < -0.3 is 14.5 Å². The molecule has 0 radical (unpaired) electrons. The molecule has 0 fully saturated rings. The van der Waals surface area contributed by atoms with Crippen LogP contribution in [0.1, 0.15) is 21.7 Å². The zero-order valence-electron chi connectivity index (χ0n) is 13.2. The van der Waals surface area contributed by atoms with Gasteiger partial charge in [-0.15, -0.1) is 0 Å². The molecule has 0 spiro atoms. The van der Waals surface area contributed by atoms with E-state index in [0.29, 0.717) is 16.9 Å². The van der Waals surface area contributed by atoms with Crippen molar-refractivity contribution in [2.75, 3.05) is 7.11 Å². The number of aryl methyl sites for hydroxylation is 1. The number of carbonyl (C=O) groups is 1. The molecule has 124 valence electrons. The fourth-order valence-electron chi connectivity index (χ4n) is 2.48. The van der Waals surface area contributed by atoms with E-state index in [9.17, 15) is 9.18 Å². The van der Waals surface area contributed by atoms with Crippen molar-refractivity contribution in [3.8, 4) is 5.75 Å². The van der Waals surface area contributed by atoms with Crippen molar-refractivity contribution in [3.05, 3.63) is 63.6 Å². The Kier molecular flexibility index (Phi) is 4.57. The van der Waals surface area contributed by atoms with Crippen LogP contribution in [0.3, 0.4) is 0 Å². The highest BCUT2D eigenvalue weighted by molar-refractivity contribution is 9.10. The summed E-state index contributed by atoms with van der Waals surface area (Å²) >= 11 is 3.29. The van der Waals surface area contributed by atoms with Crippen LogP contribution < -0.4 is 10.1 Å². The Bertz CT molecular complexity index is 920. The van der Waals surface area contributed by atoms with Gasteiger partial charge in [-0.1, -0.05) is 15.9 Å². The first kappa shape index (κ1) is 16.5. The summed E-state index contributed by atoms with van der Waals surface area (Å²) in [6.45, 7) is 1.88. The molecule has 1 heterocycles. The number of ether oxygens (including phenoxy) is 1. The van der Waals surface area contributed by atoms with Gasteiger partial charge in [-0.2, -0.15) is 0 Å². The van der Waals surface area contributed by atoms with E-state index >= 15 is 0 Å². The molecule has 6 heteroatoms. The van der Waals surface area contributed by atoms with E-state index in [1.54, 1.807) is 38.3 Å². The van der Waals surface area contributed by atoms with Crippen molar-refractivity contribution < 1.29 is 18.3 Å². The Morgan fingerprint density at radius 2 is 2.08 bits per heavy atom. The maximum Gasteiger partial charge on any atom is 0.287 e. The van der Waals surface area contributed by atoms with E-state index in [4.69, 9.17) is 9.15 Å². The zero-order chi connectivity index (χ0) is 17.3. The Hall–Kier alpha value is -2.34. The third-order valence-corrected chi connectivity index (χ3v) is 4.29. The van der Waals surface area contributed by atoms with Crippen molar-refractivity contribution in [2.24, 2.45) is 0 Å². The predicted octanol–water partition coefficient (Wildman–Crippen LogP) is 4.58. The number of nitrogens with one attached hydrogen (secondary N) is 1. The van der Waals surface area contributed by atoms with Gasteiger partial charge in [0.1, 0.15) is 17.1 Å². The maximum atomic E-state index is 13.7. The first-order valence-corrected chi connectivity index (χ1v) is 8.08. The van der Waals surface area contributed by atoms with Crippen LogP contribution in [-0.4, -0.2) is 13.0 Å². The monoisotopic (exact) mass is 391 g/mol. The average Bonchev–Trinajstić information content (AvgIpc) is 2.91. The number of benzene rings is 2. The topological polar surface area (TPSA) is 51.5 Å². The van der Waals surface area contributed by atoms with Gasteiger partial charge in [-0.05, 0) is 43.3 Å². The van der Waals surface area contributed by atoms with Crippen LogP contribution in [0, 0.1) is 12.7 Å². The lowest BCUT2D eigenvalue weighted by Crippen LogP contribution is -2.23. The third kappa shape index (κ3) is 3.14. The quantitative estimate of drug-likeness (QED) is 0.707. The molecular formula is C18H15BrFNO3. The molecule has 1 amide bonds. The van der Waals surface area contributed by atoms with Crippen molar-refractivity contribution in [1.29, 1.82) is 0 Å². The second kappa shape index (κ2) is 6.65. The molecule has 0 aliphatic heterocycles. The van der Waals surface area contributed by atoms with Gasteiger partial charge >= 0.3 is 0 Å². The Morgan fingerprint density at radius 1 is 1.29 bits per heavy atom. The summed E-state index contributed by atoms with van der Waals surface area (Å²) in [6.07, 6.45) is 0. The molecule has 24 heavy (non-hydrogen) atoms. The number of furan rings is 1. The summed E-state index contributed by atoms with van der Waals surface area (Å²) in [5, 5.41) is 3.50. The fraction of sp³-hybridized carbons (Fsp3) is 0.167. The molecule has 4 nitrogen and oxygen atoms in total. The normalized spacial score (nSPS) is 10.8. The lowest BCUT2D eigenvalue weighted by Gasteiger charge is -2.06. The Balaban J connectivity index is 1.83. The molecule has 3 aromatic rings. The largest absolute Gasteiger partial charge is 0.497 e. The number of hydrogen-bond donors (Lipinski definition) is 1.